The van der Waals surface area contributed by atoms with Crippen molar-refractivity contribution in [3.05, 3.63) is 27.3 Å². The maximum atomic E-state index is 11.9. The first-order valence-corrected chi connectivity index (χ1v) is 8.02. The zero-order valence-corrected chi connectivity index (χ0v) is 13.7. The lowest BCUT2D eigenvalue weighted by molar-refractivity contribution is -0.136. The third-order valence-corrected chi connectivity index (χ3v) is 4.25. The van der Waals surface area contributed by atoms with Crippen LogP contribution in [0, 0.1) is 10.5 Å². The van der Waals surface area contributed by atoms with E-state index in [9.17, 15) is 9.59 Å². The van der Waals surface area contributed by atoms with Crippen LogP contribution in [0.5, 0.6) is 0 Å². The molecule has 1 aliphatic carbocycles. The second-order valence-electron chi connectivity index (χ2n) is 5.22. The summed E-state index contributed by atoms with van der Waals surface area (Å²) < 4.78 is 1.10. The highest BCUT2D eigenvalue weighted by molar-refractivity contribution is 14.1. The van der Waals surface area contributed by atoms with E-state index in [4.69, 9.17) is 0 Å². The molecular formula is C15H19IN2O2. The molecule has 108 valence electrons. The van der Waals surface area contributed by atoms with Crippen LogP contribution in [0.4, 0.5) is 5.69 Å². The quantitative estimate of drug-likeness (QED) is 0.607. The van der Waals surface area contributed by atoms with Gasteiger partial charge in [-0.25, -0.2) is 0 Å². The highest BCUT2D eigenvalue weighted by Gasteiger charge is 2.20. The van der Waals surface area contributed by atoms with Crippen molar-refractivity contribution in [1.82, 2.24) is 5.32 Å². The minimum Gasteiger partial charge on any atom is -0.345 e. The number of carbonyl (C=O) groups excluding carboxylic acids is 2. The Morgan fingerprint density at radius 2 is 1.85 bits per heavy atom. The van der Waals surface area contributed by atoms with Gasteiger partial charge in [-0.1, -0.05) is 19.3 Å². The molecule has 1 aliphatic rings. The monoisotopic (exact) mass is 386 g/mol. The Kier molecular flexibility index (Phi) is 5.39. The summed E-state index contributed by atoms with van der Waals surface area (Å²) in [6.45, 7) is 1.91. The average molecular weight is 386 g/mol. The number of halogens is 1. The number of carbonyl (C=O) groups is 2. The van der Waals surface area contributed by atoms with Crippen molar-refractivity contribution in [2.45, 2.75) is 45.1 Å². The summed E-state index contributed by atoms with van der Waals surface area (Å²) in [7, 11) is 0. The van der Waals surface area contributed by atoms with Gasteiger partial charge in [-0.05, 0) is 66.1 Å². The molecule has 0 bridgehead atoms. The first kappa shape index (κ1) is 15.3. The average Bonchev–Trinajstić information content (AvgIpc) is 2.43. The van der Waals surface area contributed by atoms with E-state index in [0.29, 0.717) is 5.69 Å². The maximum absolute atomic E-state index is 11.9. The van der Waals surface area contributed by atoms with Gasteiger partial charge in [0.1, 0.15) is 0 Å². The van der Waals surface area contributed by atoms with Crippen molar-refractivity contribution in [2.24, 2.45) is 0 Å². The SMILES string of the molecule is Cc1cc(I)ccc1NC(=O)C(=O)NC1CCCCC1. The Morgan fingerprint density at radius 3 is 2.50 bits per heavy atom. The number of hydrogen-bond acceptors (Lipinski definition) is 2. The topological polar surface area (TPSA) is 58.2 Å². The summed E-state index contributed by atoms with van der Waals surface area (Å²) in [4.78, 5) is 23.8. The van der Waals surface area contributed by atoms with Gasteiger partial charge in [-0.3, -0.25) is 9.59 Å². The number of hydrogen-bond donors (Lipinski definition) is 2. The van der Waals surface area contributed by atoms with Crippen LogP contribution in [0.25, 0.3) is 0 Å². The molecular weight excluding hydrogens is 367 g/mol. The van der Waals surface area contributed by atoms with E-state index in [0.717, 1.165) is 34.8 Å². The van der Waals surface area contributed by atoms with Crippen LogP contribution in [0.3, 0.4) is 0 Å². The van der Waals surface area contributed by atoms with Gasteiger partial charge in [0.25, 0.3) is 0 Å². The molecule has 1 saturated carbocycles. The third kappa shape index (κ3) is 4.19. The number of anilines is 1. The molecule has 2 amide bonds. The van der Waals surface area contributed by atoms with Gasteiger partial charge in [0, 0.05) is 15.3 Å². The Labute approximate surface area is 132 Å². The molecule has 0 aliphatic heterocycles. The number of amides is 2. The van der Waals surface area contributed by atoms with Gasteiger partial charge in [0.05, 0.1) is 0 Å². The standard InChI is InChI=1S/C15H19IN2O2/c1-10-9-11(16)7-8-13(10)18-15(20)14(19)17-12-5-3-2-4-6-12/h7-9,12H,2-6H2,1H3,(H,17,19)(H,18,20). The van der Waals surface area contributed by atoms with Crippen LogP contribution in [-0.4, -0.2) is 17.9 Å². The molecule has 1 aromatic rings. The fraction of sp³-hybridized carbons (Fsp3) is 0.467. The summed E-state index contributed by atoms with van der Waals surface area (Å²) in [6.07, 6.45) is 5.43. The molecule has 0 saturated heterocycles. The van der Waals surface area contributed by atoms with E-state index < -0.39 is 11.8 Å². The van der Waals surface area contributed by atoms with Crippen LogP contribution >= 0.6 is 22.6 Å². The van der Waals surface area contributed by atoms with Gasteiger partial charge in [0.15, 0.2) is 0 Å². The molecule has 0 atom stereocenters. The van der Waals surface area contributed by atoms with Crippen LogP contribution < -0.4 is 10.6 Å². The molecule has 0 radical (unpaired) electrons. The van der Waals surface area contributed by atoms with E-state index in [1.807, 2.05) is 25.1 Å². The fourth-order valence-electron chi connectivity index (χ4n) is 2.44. The largest absolute Gasteiger partial charge is 0.345 e. The zero-order valence-electron chi connectivity index (χ0n) is 11.5. The Balaban J connectivity index is 1.91. The summed E-state index contributed by atoms with van der Waals surface area (Å²) >= 11 is 2.21. The molecule has 4 nitrogen and oxygen atoms in total. The van der Waals surface area contributed by atoms with Crippen LogP contribution in [0.15, 0.2) is 18.2 Å². The highest BCUT2D eigenvalue weighted by Crippen LogP contribution is 2.19. The molecule has 1 fully saturated rings. The lowest BCUT2D eigenvalue weighted by Crippen LogP contribution is -2.42. The molecule has 0 aromatic heterocycles. The van der Waals surface area contributed by atoms with E-state index in [-0.39, 0.29) is 6.04 Å². The van der Waals surface area contributed by atoms with Crippen molar-refractivity contribution in [3.63, 3.8) is 0 Å². The molecule has 5 heteroatoms. The van der Waals surface area contributed by atoms with Gasteiger partial charge < -0.3 is 10.6 Å². The molecule has 1 aromatic carbocycles. The highest BCUT2D eigenvalue weighted by atomic mass is 127. The summed E-state index contributed by atoms with van der Waals surface area (Å²) in [5.74, 6) is -1.12. The first-order valence-electron chi connectivity index (χ1n) is 6.94. The lowest BCUT2D eigenvalue weighted by atomic mass is 9.95. The van der Waals surface area contributed by atoms with Crippen molar-refractivity contribution in [1.29, 1.82) is 0 Å². The summed E-state index contributed by atoms with van der Waals surface area (Å²) in [5, 5.41) is 5.49. The first-order chi connectivity index (χ1) is 9.56. The maximum Gasteiger partial charge on any atom is 0.313 e. The van der Waals surface area contributed by atoms with E-state index in [1.54, 1.807) is 0 Å². The van der Waals surface area contributed by atoms with E-state index >= 15 is 0 Å². The van der Waals surface area contributed by atoms with E-state index in [2.05, 4.69) is 33.2 Å². The lowest BCUT2D eigenvalue weighted by Gasteiger charge is -2.22. The van der Waals surface area contributed by atoms with Gasteiger partial charge in [0.2, 0.25) is 0 Å². The van der Waals surface area contributed by atoms with Crippen molar-refractivity contribution < 1.29 is 9.59 Å². The van der Waals surface area contributed by atoms with Gasteiger partial charge >= 0.3 is 11.8 Å². The summed E-state index contributed by atoms with van der Waals surface area (Å²) in [5.41, 5.74) is 1.64. The Bertz CT molecular complexity index is 511. The molecule has 0 heterocycles. The van der Waals surface area contributed by atoms with Crippen molar-refractivity contribution in [3.8, 4) is 0 Å². The molecule has 20 heavy (non-hydrogen) atoms. The third-order valence-electron chi connectivity index (χ3n) is 3.58. The second-order valence-corrected chi connectivity index (χ2v) is 6.47. The van der Waals surface area contributed by atoms with Crippen LogP contribution in [0.1, 0.15) is 37.7 Å². The van der Waals surface area contributed by atoms with Crippen LogP contribution in [-0.2, 0) is 9.59 Å². The molecule has 0 unspecified atom stereocenters. The molecule has 2 N–H and O–H groups in total. The minimum absolute atomic E-state index is 0.153. The predicted molar refractivity (Wildman–Crippen MR) is 87.5 cm³/mol. The number of rotatable bonds is 2. The number of nitrogens with one attached hydrogen (secondary N) is 2. The number of benzene rings is 1. The van der Waals surface area contributed by atoms with E-state index in [1.165, 1.54) is 6.42 Å². The van der Waals surface area contributed by atoms with Crippen molar-refractivity contribution >= 4 is 40.1 Å². The van der Waals surface area contributed by atoms with Crippen molar-refractivity contribution in [2.75, 3.05) is 5.32 Å². The molecule has 2 rings (SSSR count). The predicted octanol–water partition coefficient (Wildman–Crippen LogP) is 2.99. The smallest absolute Gasteiger partial charge is 0.313 e. The minimum atomic E-state index is -0.583. The Morgan fingerprint density at radius 1 is 1.15 bits per heavy atom. The fourth-order valence-corrected chi connectivity index (χ4v) is 3.09. The van der Waals surface area contributed by atoms with Crippen LogP contribution in [0.2, 0.25) is 0 Å². The zero-order chi connectivity index (χ0) is 14.5. The second kappa shape index (κ2) is 7.06. The number of aryl methyl sites for hydroxylation is 1. The normalized spacial score (nSPS) is 15.7. The van der Waals surface area contributed by atoms with Gasteiger partial charge in [-0.15, -0.1) is 0 Å². The summed E-state index contributed by atoms with van der Waals surface area (Å²) in [6, 6.07) is 5.85. The molecule has 0 spiro atoms. The Hall–Kier alpha value is -1.11. The van der Waals surface area contributed by atoms with Gasteiger partial charge in [-0.2, -0.15) is 0 Å².